The highest BCUT2D eigenvalue weighted by Crippen LogP contribution is 2.30. The summed E-state index contributed by atoms with van der Waals surface area (Å²) in [6, 6.07) is -0.484. The van der Waals surface area contributed by atoms with Crippen molar-refractivity contribution in [1.82, 2.24) is 24.8 Å². The van der Waals surface area contributed by atoms with Crippen molar-refractivity contribution in [2.75, 3.05) is 19.4 Å². The summed E-state index contributed by atoms with van der Waals surface area (Å²) in [6.07, 6.45) is -0.903. The van der Waals surface area contributed by atoms with Gasteiger partial charge in [-0.05, 0) is 7.05 Å². The third-order valence-electron chi connectivity index (χ3n) is 3.61. The predicted octanol–water partition coefficient (Wildman–Crippen LogP) is -2.46. The molecule has 0 aromatic carbocycles. The third kappa shape index (κ3) is 2.08. The van der Waals surface area contributed by atoms with Crippen LogP contribution in [0.1, 0.15) is 6.23 Å². The molecule has 1 fully saturated rings. The first kappa shape index (κ1) is 13.9. The molecule has 3 rings (SSSR count). The fraction of sp³-hybridized carbons (Fsp3) is 0.545. The topological polar surface area (TPSA) is 151 Å². The first-order valence-corrected chi connectivity index (χ1v) is 6.40. The van der Waals surface area contributed by atoms with Crippen molar-refractivity contribution in [2.45, 2.75) is 24.5 Å². The molecule has 0 saturated carbocycles. The van der Waals surface area contributed by atoms with Crippen molar-refractivity contribution in [3.05, 3.63) is 16.7 Å². The van der Waals surface area contributed by atoms with Crippen LogP contribution in [-0.2, 0) is 4.74 Å². The van der Waals surface area contributed by atoms with Crippen molar-refractivity contribution >= 4 is 17.1 Å². The van der Waals surface area contributed by atoms with Crippen molar-refractivity contribution in [3.8, 4) is 0 Å². The van der Waals surface area contributed by atoms with E-state index in [1.54, 1.807) is 7.05 Å². The first-order valence-electron chi connectivity index (χ1n) is 6.40. The van der Waals surface area contributed by atoms with Crippen LogP contribution in [0.4, 0.5) is 5.95 Å². The monoisotopic (exact) mass is 296 g/mol. The van der Waals surface area contributed by atoms with Crippen LogP contribution in [-0.4, -0.2) is 61.6 Å². The van der Waals surface area contributed by atoms with Crippen LogP contribution in [0.3, 0.4) is 0 Å². The second-order valence-electron chi connectivity index (χ2n) is 4.83. The average Bonchev–Trinajstić information content (AvgIpc) is 2.99. The van der Waals surface area contributed by atoms with Crippen LogP contribution >= 0.6 is 0 Å². The predicted molar refractivity (Wildman–Crippen MR) is 72.4 cm³/mol. The van der Waals surface area contributed by atoms with Gasteiger partial charge in [0, 0.05) is 0 Å². The minimum absolute atomic E-state index is 0.0347. The number of imidazole rings is 1. The first-order chi connectivity index (χ1) is 10.1. The Labute approximate surface area is 118 Å². The maximum atomic E-state index is 11.8. The third-order valence-corrected chi connectivity index (χ3v) is 3.61. The molecule has 3 heterocycles. The van der Waals surface area contributed by atoms with E-state index in [0.29, 0.717) is 0 Å². The van der Waals surface area contributed by atoms with Gasteiger partial charge in [0.05, 0.1) is 19.0 Å². The number of fused-ring (bicyclic) bond motifs is 1. The summed E-state index contributed by atoms with van der Waals surface area (Å²) in [6.45, 7) is -0.321. The number of nitrogens with two attached hydrogens (primary N) is 1. The number of anilines is 1. The van der Waals surface area contributed by atoms with Crippen LogP contribution in [0.15, 0.2) is 11.1 Å². The highest BCUT2D eigenvalue weighted by atomic mass is 16.5. The molecule has 1 aliphatic heterocycles. The summed E-state index contributed by atoms with van der Waals surface area (Å²) in [5, 5.41) is 22.3. The van der Waals surface area contributed by atoms with Gasteiger partial charge in [-0.1, -0.05) is 0 Å². The van der Waals surface area contributed by atoms with Crippen LogP contribution < -0.4 is 16.6 Å². The van der Waals surface area contributed by atoms with Crippen molar-refractivity contribution in [2.24, 2.45) is 0 Å². The number of nitrogens with one attached hydrogen (secondary N) is 2. The number of aromatic amines is 1. The van der Waals surface area contributed by atoms with Gasteiger partial charge < -0.3 is 26.0 Å². The van der Waals surface area contributed by atoms with E-state index >= 15 is 0 Å². The molecule has 0 amide bonds. The zero-order valence-corrected chi connectivity index (χ0v) is 11.2. The van der Waals surface area contributed by atoms with Crippen LogP contribution in [0.2, 0.25) is 0 Å². The van der Waals surface area contributed by atoms with Gasteiger partial charge in [0.15, 0.2) is 17.4 Å². The fourth-order valence-electron chi connectivity index (χ4n) is 2.58. The number of ether oxygens (including phenoxy) is 1. The Balaban J connectivity index is 2.10. The van der Waals surface area contributed by atoms with Gasteiger partial charge in [0.25, 0.3) is 5.56 Å². The lowest BCUT2D eigenvalue weighted by Crippen LogP contribution is -2.42. The molecule has 114 valence electrons. The smallest absolute Gasteiger partial charge is 0.280 e. The number of H-pyrrole nitrogens is 1. The molecule has 6 N–H and O–H groups in total. The average molecular weight is 296 g/mol. The van der Waals surface area contributed by atoms with E-state index in [1.807, 2.05) is 0 Å². The number of likely N-dealkylation sites (N-methyl/N-ethyl adjacent to an activating group) is 1. The number of hydrogen-bond acceptors (Lipinski definition) is 8. The summed E-state index contributed by atoms with van der Waals surface area (Å²) in [7, 11) is 1.66. The van der Waals surface area contributed by atoms with E-state index < -0.39 is 30.0 Å². The maximum absolute atomic E-state index is 11.8. The Kier molecular flexibility index (Phi) is 3.37. The SMILES string of the molecule is CNC1C(O)[C@@H](CO)O[C@H]1n1cnc2c(=O)[nH]c(N)nc21. The lowest BCUT2D eigenvalue weighted by molar-refractivity contribution is -0.0440. The van der Waals surface area contributed by atoms with E-state index in [9.17, 15) is 15.0 Å². The molecule has 1 aliphatic rings. The number of aliphatic hydroxyl groups excluding tert-OH is 2. The molecule has 2 aromatic rings. The molecule has 2 aromatic heterocycles. The Morgan fingerprint density at radius 2 is 2.38 bits per heavy atom. The highest BCUT2D eigenvalue weighted by Gasteiger charge is 2.44. The largest absolute Gasteiger partial charge is 0.394 e. The van der Waals surface area contributed by atoms with Crippen LogP contribution in [0.25, 0.3) is 11.2 Å². The molecule has 10 heteroatoms. The van der Waals surface area contributed by atoms with Crippen molar-refractivity contribution in [3.63, 3.8) is 0 Å². The molecule has 0 aliphatic carbocycles. The van der Waals surface area contributed by atoms with Gasteiger partial charge in [0.1, 0.15) is 12.2 Å². The van der Waals surface area contributed by atoms with Gasteiger partial charge in [0.2, 0.25) is 5.95 Å². The van der Waals surface area contributed by atoms with E-state index in [0.717, 1.165) is 0 Å². The number of nitrogens with zero attached hydrogens (tertiary/aromatic N) is 3. The molecule has 21 heavy (non-hydrogen) atoms. The van der Waals surface area contributed by atoms with E-state index in [1.165, 1.54) is 10.9 Å². The molecule has 1 saturated heterocycles. The zero-order chi connectivity index (χ0) is 15.1. The standard InChI is InChI=1S/C11H16N6O4/c1-13-5-7(19)4(2-18)21-10(5)17-3-14-6-8(17)15-11(12)16-9(6)20/h3-5,7,10,13,18-19H,2H2,1H3,(H3,12,15,16,20)/t4-,5?,7?,10-/m1/s1. The second kappa shape index (κ2) is 5.07. The number of aliphatic hydroxyl groups is 2. The normalized spacial score (nSPS) is 29.3. The summed E-state index contributed by atoms with van der Waals surface area (Å²) in [5.41, 5.74) is 5.48. The number of hydrogen-bond donors (Lipinski definition) is 5. The van der Waals surface area contributed by atoms with Gasteiger partial charge in [-0.25, -0.2) is 4.98 Å². The zero-order valence-electron chi connectivity index (χ0n) is 11.2. The Bertz CT molecular complexity index is 712. The maximum Gasteiger partial charge on any atom is 0.280 e. The van der Waals surface area contributed by atoms with Crippen LogP contribution in [0.5, 0.6) is 0 Å². The summed E-state index contributed by atoms with van der Waals surface area (Å²) in [4.78, 5) is 22.2. The molecule has 0 radical (unpaired) electrons. The minimum Gasteiger partial charge on any atom is -0.394 e. The van der Waals surface area contributed by atoms with Crippen molar-refractivity contribution < 1.29 is 14.9 Å². The van der Waals surface area contributed by atoms with Gasteiger partial charge in [-0.2, -0.15) is 4.98 Å². The van der Waals surface area contributed by atoms with Gasteiger partial charge >= 0.3 is 0 Å². The number of aromatic nitrogens is 4. The van der Waals surface area contributed by atoms with Crippen LogP contribution in [0, 0.1) is 0 Å². The van der Waals surface area contributed by atoms with Gasteiger partial charge in [-0.3, -0.25) is 14.3 Å². The lowest BCUT2D eigenvalue weighted by atomic mass is 10.1. The summed E-state index contributed by atoms with van der Waals surface area (Å²) in [5.74, 6) is -0.0347. The minimum atomic E-state index is -0.901. The summed E-state index contributed by atoms with van der Waals surface area (Å²) >= 11 is 0. The Hall–Kier alpha value is -2.01. The molecular formula is C11H16N6O4. The molecule has 10 nitrogen and oxygen atoms in total. The van der Waals surface area contributed by atoms with E-state index in [-0.39, 0.29) is 23.7 Å². The Morgan fingerprint density at radius 1 is 1.62 bits per heavy atom. The molecular weight excluding hydrogens is 280 g/mol. The fourth-order valence-corrected chi connectivity index (χ4v) is 2.58. The number of rotatable bonds is 3. The summed E-state index contributed by atoms with van der Waals surface area (Å²) < 4.78 is 7.14. The quantitative estimate of drug-likeness (QED) is 0.418. The number of nitrogen functional groups attached to an aromatic ring is 1. The molecule has 4 atom stereocenters. The molecule has 2 unspecified atom stereocenters. The second-order valence-corrected chi connectivity index (χ2v) is 4.83. The van der Waals surface area contributed by atoms with E-state index in [4.69, 9.17) is 10.5 Å². The molecule has 0 spiro atoms. The lowest BCUT2D eigenvalue weighted by Gasteiger charge is -2.20. The van der Waals surface area contributed by atoms with Gasteiger partial charge in [-0.15, -0.1) is 0 Å². The Morgan fingerprint density at radius 3 is 3.05 bits per heavy atom. The molecule has 0 bridgehead atoms. The van der Waals surface area contributed by atoms with Crippen molar-refractivity contribution in [1.29, 1.82) is 0 Å². The highest BCUT2D eigenvalue weighted by molar-refractivity contribution is 5.70. The van der Waals surface area contributed by atoms with E-state index in [2.05, 4.69) is 20.3 Å².